The van der Waals surface area contributed by atoms with E-state index in [9.17, 15) is 4.79 Å². The maximum absolute atomic E-state index is 12.1. The molecule has 1 saturated heterocycles. The Morgan fingerprint density at radius 2 is 2.00 bits per heavy atom. The average molecular weight is 279 g/mol. The first-order valence-corrected chi connectivity index (χ1v) is 7.04. The summed E-state index contributed by atoms with van der Waals surface area (Å²) in [6.07, 6.45) is 0.634. The lowest BCUT2D eigenvalue weighted by atomic mass is 9.71. The lowest BCUT2D eigenvalue weighted by Crippen LogP contribution is -2.40. The summed E-state index contributed by atoms with van der Waals surface area (Å²) in [5.41, 5.74) is 0.158. The Morgan fingerprint density at radius 1 is 1.35 bits per heavy atom. The largest absolute Gasteiger partial charge is 0.466 e. The van der Waals surface area contributed by atoms with E-state index in [1.54, 1.807) is 6.92 Å². The minimum absolute atomic E-state index is 0.0165. The molecule has 20 heavy (non-hydrogen) atoms. The molecule has 3 heteroatoms. The predicted molar refractivity (Wildman–Crippen MR) is 80.6 cm³/mol. The van der Waals surface area contributed by atoms with Crippen LogP contribution in [-0.4, -0.2) is 37.5 Å². The Labute approximate surface area is 127 Å². The zero-order valence-electron chi connectivity index (χ0n) is 16.2. The predicted octanol–water partition coefficient (Wildman–Crippen LogP) is 2.89. The van der Waals surface area contributed by atoms with Crippen molar-refractivity contribution in [2.45, 2.75) is 32.6 Å². The number of likely N-dealkylation sites (tertiary alicyclic amines) is 1. The number of nitrogens with zero attached hydrogens (tertiary/aromatic N) is 1. The number of benzene rings is 1. The van der Waals surface area contributed by atoms with Gasteiger partial charge in [-0.15, -0.1) is 0 Å². The molecule has 0 aromatic heterocycles. The standard InChI is InChI=1S/C17H25NO2/c1-3-20-16(19)14-17(9-11-18(2)12-10-17)13-15-7-5-4-6-8-15/h4-8H,3,9-14H2,1-2H3/i11D2,12D2. The van der Waals surface area contributed by atoms with Crippen LogP contribution in [0.4, 0.5) is 0 Å². The molecule has 110 valence electrons. The smallest absolute Gasteiger partial charge is 0.306 e. The van der Waals surface area contributed by atoms with Crippen molar-refractivity contribution in [2.75, 3.05) is 26.6 Å². The van der Waals surface area contributed by atoms with Gasteiger partial charge >= 0.3 is 5.97 Å². The molecule has 0 N–H and O–H groups in total. The number of piperidine rings is 1. The first-order chi connectivity index (χ1) is 11.1. The SMILES string of the molecule is [2H]C1([2H])CC(CC(=O)OCC)(Cc2ccccc2)CC([2H])([2H])N1C. The van der Waals surface area contributed by atoms with Crippen LogP contribution in [0.5, 0.6) is 0 Å². The van der Waals surface area contributed by atoms with Gasteiger partial charge in [0.05, 0.1) is 13.0 Å². The second-order valence-electron chi connectivity index (χ2n) is 5.37. The molecule has 0 amide bonds. The van der Waals surface area contributed by atoms with Gasteiger partial charge < -0.3 is 9.64 Å². The molecule has 0 unspecified atom stereocenters. The molecule has 0 atom stereocenters. The number of esters is 1. The molecule has 0 aliphatic carbocycles. The molecule has 3 nitrogen and oxygen atoms in total. The van der Waals surface area contributed by atoms with Crippen LogP contribution in [0.2, 0.25) is 0 Å². The van der Waals surface area contributed by atoms with E-state index in [0.717, 1.165) is 10.5 Å². The van der Waals surface area contributed by atoms with E-state index in [1.807, 2.05) is 30.3 Å². The molecule has 0 spiro atoms. The molecule has 0 bridgehead atoms. The number of hydrogen-bond donors (Lipinski definition) is 0. The summed E-state index contributed by atoms with van der Waals surface area (Å²) in [5, 5.41) is 0. The van der Waals surface area contributed by atoms with Crippen LogP contribution in [-0.2, 0) is 16.0 Å². The molecule has 1 heterocycles. The quantitative estimate of drug-likeness (QED) is 0.776. The minimum atomic E-state index is -1.83. The number of carbonyl (C=O) groups is 1. The second kappa shape index (κ2) is 6.89. The normalized spacial score (nSPS) is 26.7. The van der Waals surface area contributed by atoms with E-state index in [1.165, 1.54) is 7.05 Å². The molecular weight excluding hydrogens is 250 g/mol. The van der Waals surface area contributed by atoms with Crippen LogP contribution < -0.4 is 0 Å². The zero-order valence-corrected chi connectivity index (χ0v) is 12.2. The van der Waals surface area contributed by atoms with Crippen LogP contribution in [0.15, 0.2) is 30.3 Å². The maximum Gasteiger partial charge on any atom is 0.306 e. The van der Waals surface area contributed by atoms with Crippen molar-refractivity contribution in [3.63, 3.8) is 0 Å². The van der Waals surface area contributed by atoms with E-state index >= 15 is 0 Å². The third kappa shape index (κ3) is 4.07. The van der Waals surface area contributed by atoms with Gasteiger partial charge in [-0.2, -0.15) is 0 Å². The van der Waals surface area contributed by atoms with Crippen molar-refractivity contribution in [1.29, 1.82) is 0 Å². The number of hydrogen-bond acceptors (Lipinski definition) is 3. The van der Waals surface area contributed by atoms with Gasteiger partial charge in [0.1, 0.15) is 0 Å². The van der Waals surface area contributed by atoms with Gasteiger partial charge in [0, 0.05) is 5.48 Å². The van der Waals surface area contributed by atoms with Gasteiger partial charge in [-0.25, -0.2) is 0 Å². The molecule has 1 aliphatic heterocycles. The summed E-state index contributed by atoms with van der Waals surface area (Å²) in [5.74, 6) is -0.399. The molecule has 0 radical (unpaired) electrons. The summed E-state index contributed by atoms with van der Waals surface area (Å²) in [6.45, 7) is -1.67. The molecular formula is C17H25NO2. The van der Waals surface area contributed by atoms with Gasteiger partial charge in [-0.3, -0.25) is 4.79 Å². The van der Waals surface area contributed by atoms with Crippen LogP contribution in [0.3, 0.4) is 0 Å². The van der Waals surface area contributed by atoms with E-state index < -0.39 is 24.4 Å². The third-order valence-electron chi connectivity index (χ3n) is 3.63. The van der Waals surface area contributed by atoms with Crippen molar-refractivity contribution >= 4 is 5.97 Å². The lowest BCUT2D eigenvalue weighted by molar-refractivity contribution is -0.146. The molecule has 2 rings (SSSR count). The second-order valence-corrected chi connectivity index (χ2v) is 5.37. The summed E-state index contributed by atoms with van der Waals surface area (Å²) < 4.78 is 38.1. The summed E-state index contributed by atoms with van der Waals surface area (Å²) in [4.78, 5) is 13.3. The van der Waals surface area contributed by atoms with E-state index in [2.05, 4.69) is 0 Å². The van der Waals surface area contributed by atoms with E-state index in [0.29, 0.717) is 6.42 Å². The summed E-state index contributed by atoms with van der Waals surface area (Å²) in [6, 6.07) is 9.54. The van der Waals surface area contributed by atoms with E-state index in [-0.39, 0.29) is 25.9 Å². The fourth-order valence-corrected chi connectivity index (χ4v) is 2.55. The molecule has 1 aromatic carbocycles. The topological polar surface area (TPSA) is 29.5 Å². The van der Waals surface area contributed by atoms with Crippen molar-refractivity contribution < 1.29 is 15.0 Å². The Hall–Kier alpha value is -1.35. The summed E-state index contributed by atoms with van der Waals surface area (Å²) >= 11 is 0. The first kappa shape index (κ1) is 10.4. The highest BCUT2D eigenvalue weighted by atomic mass is 16.5. The van der Waals surface area contributed by atoms with Crippen LogP contribution >= 0.6 is 0 Å². The van der Waals surface area contributed by atoms with Gasteiger partial charge in [-0.1, -0.05) is 30.3 Å². The Kier molecular flexibility index (Phi) is 3.58. The minimum Gasteiger partial charge on any atom is -0.466 e. The molecule has 0 saturated carbocycles. The van der Waals surface area contributed by atoms with Crippen molar-refractivity contribution in [2.24, 2.45) is 5.41 Å². The fourth-order valence-electron chi connectivity index (χ4n) is 2.55. The molecule has 1 fully saturated rings. The van der Waals surface area contributed by atoms with E-state index in [4.69, 9.17) is 10.2 Å². The summed E-state index contributed by atoms with van der Waals surface area (Å²) in [7, 11) is 1.46. The molecule has 1 aromatic rings. The van der Waals surface area contributed by atoms with Gasteiger partial charge in [0.2, 0.25) is 0 Å². The van der Waals surface area contributed by atoms with Crippen LogP contribution in [0.25, 0.3) is 0 Å². The fraction of sp³-hybridized carbons (Fsp3) is 0.588. The zero-order chi connectivity index (χ0) is 18.0. The Bertz CT molecular complexity index is 559. The van der Waals surface area contributed by atoms with Crippen LogP contribution in [0.1, 0.15) is 37.2 Å². The highest BCUT2D eigenvalue weighted by Gasteiger charge is 2.36. The monoisotopic (exact) mass is 279 g/mol. The van der Waals surface area contributed by atoms with Crippen LogP contribution in [0, 0.1) is 5.41 Å². The highest BCUT2D eigenvalue weighted by molar-refractivity contribution is 5.70. The van der Waals surface area contributed by atoms with Gasteiger partial charge in [0.15, 0.2) is 0 Å². The lowest BCUT2D eigenvalue weighted by Gasteiger charge is -2.40. The number of carbonyl (C=O) groups excluding carboxylic acids is 1. The highest BCUT2D eigenvalue weighted by Crippen LogP contribution is 2.38. The number of rotatable bonds is 5. The first-order valence-electron chi connectivity index (χ1n) is 9.04. The average Bonchev–Trinajstić information content (AvgIpc) is 2.45. The van der Waals surface area contributed by atoms with Crippen molar-refractivity contribution in [1.82, 2.24) is 4.90 Å². The Morgan fingerprint density at radius 3 is 2.60 bits per heavy atom. The van der Waals surface area contributed by atoms with Gasteiger partial charge in [-0.05, 0) is 57.2 Å². The molecule has 1 aliphatic rings. The van der Waals surface area contributed by atoms with Crippen molar-refractivity contribution in [3.8, 4) is 0 Å². The third-order valence-corrected chi connectivity index (χ3v) is 3.63. The van der Waals surface area contributed by atoms with Crippen molar-refractivity contribution in [3.05, 3.63) is 35.9 Å². The van der Waals surface area contributed by atoms with Gasteiger partial charge in [0.25, 0.3) is 0 Å². The maximum atomic E-state index is 12.1. The number of ether oxygens (including phenoxy) is 1. The Balaban J connectivity index is 2.37.